The van der Waals surface area contributed by atoms with Gasteiger partial charge in [-0.25, -0.2) is 0 Å². The van der Waals surface area contributed by atoms with Crippen LogP contribution in [0.2, 0.25) is 5.02 Å². The number of likely N-dealkylation sites (tertiary alicyclic amines) is 1. The fraction of sp³-hybridized carbons (Fsp3) is 0.457. The van der Waals surface area contributed by atoms with Crippen LogP contribution < -0.4 is 9.80 Å². The minimum Gasteiger partial charge on any atom is -0.396 e. The molecule has 234 valence electrons. The van der Waals surface area contributed by atoms with E-state index in [1.165, 1.54) is 0 Å². The number of carbonyl (C=O) groups excluding carboxylic acids is 3. The highest BCUT2D eigenvalue weighted by Gasteiger charge is 2.74. The van der Waals surface area contributed by atoms with Crippen molar-refractivity contribution in [2.75, 3.05) is 36.0 Å². The van der Waals surface area contributed by atoms with Crippen LogP contribution in [0.25, 0.3) is 0 Å². The third-order valence-electron chi connectivity index (χ3n) is 9.31. The molecule has 5 rings (SSSR count). The summed E-state index contributed by atoms with van der Waals surface area (Å²) in [5.74, 6) is -1.52. The lowest BCUT2D eigenvalue weighted by atomic mass is 9.70. The number of hydrogen-bond acceptors (Lipinski definition) is 5. The molecule has 2 unspecified atom stereocenters. The molecule has 2 aromatic carbocycles. The van der Waals surface area contributed by atoms with E-state index in [0.717, 1.165) is 30.5 Å². The van der Waals surface area contributed by atoms with E-state index in [0.29, 0.717) is 43.1 Å². The van der Waals surface area contributed by atoms with Crippen molar-refractivity contribution in [3.05, 3.63) is 84.4 Å². The molecular weight excluding hydrogens is 594 g/mol. The van der Waals surface area contributed by atoms with Crippen molar-refractivity contribution in [2.45, 2.75) is 61.5 Å². The summed E-state index contributed by atoms with van der Waals surface area (Å²) < 4.78 is -0.713. The fourth-order valence-electron chi connectivity index (χ4n) is 7.47. The second kappa shape index (κ2) is 13.9. The topological polar surface area (TPSA) is 81.2 Å². The number of aliphatic hydroxyl groups excluding tert-OH is 1. The Bertz CT molecular complexity index is 1380. The lowest BCUT2D eigenvalue weighted by molar-refractivity contribution is -0.139. The van der Waals surface area contributed by atoms with Crippen molar-refractivity contribution >= 4 is 52.5 Å². The van der Waals surface area contributed by atoms with Crippen LogP contribution in [-0.2, 0) is 14.4 Å². The number of aryl methyl sites for hydroxylation is 1. The van der Waals surface area contributed by atoms with Gasteiger partial charge in [0.05, 0.1) is 27.3 Å². The number of fused-ring (bicyclic) bond motifs is 1. The molecule has 9 heteroatoms. The van der Waals surface area contributed by atoms with Crippen molar-refractivity contribution in [2.24, 2.45) is 11.8 Å². The van der Waals surface area contributed by atoms with E-state index in [-0.39, 0.29) is 36.1 Å². The van der Waals surface area contributed by atoms with Crippen LogP contribution in [0.15, 0.2) is 73.8 Å². The summed E-state index contributed by atoms with van der Waals surface area (Å²) in [7, 11) is 0. The number of unbranched alkanes of at least 4 members (excludes halogenated alkanes) is 3. The largest absolute Gasteiger partial charge is 0.396 e. The van der Waals surface area contributed by atoms with Gasteiger partial charge >= 0.3 is 0 Å². The number of nitrogens with zero attached hydrogens (tertiary/aromatic N) is 3. The van der Waals surface area contributed by atoms with E-state index in [9.17, 15) is 19.5 Å². The molecule has 0 aliphatic carbocycles. The van der Waals surface area contributed by atoms with E-state index in [1.807, 2.05) is 49.4 Å². The van der Waals surface area contributed by atoms with Crippen molar-refractivity contribution in [3.8, 4) is 0 Å². The summed E-state index contributed by atoms with van der Waals surface area (Å²) in [6.07, 6.45) is 7.95. The third kappa shape index (κ3) is 5.72. The van der Waals surface area contributed by atoms with Gasteiger partial charge in [0.25, 0.3) is 5.91 Å². The lowest BCUT2D eigenvalue weighted by Gasteiger charge is -2.38. The zero-order chi connectivity index (χ0) is 31.4. The van der Waals surface area contributed by atoms with Gasteiger partial charge in [-0.05, 0) is 56.4 Å². The molecule has 3 aliphatic rings. The molecule has 3 saturated heterocycles. The third-order valence-corrected chi connectivity index (χ3v) is 11.6. The average molecular weight is 636 g/mol. The first kappa shape index (κ1) is 32.3. The van der Waals surface area contributed by atoms with Gasteiger partial charge in [-0.1, -0.05) is 66.9 Å². The highest BCUT2D eigenvalue weighted by atomic mass is 35.5. The Balaban J connectivity index is 1.55. The number of anilines is 2. The summed E-state index contributed by atoms with van der Waals surface area (Å²) in [6.45, 7) is 10.9. The van der Waals surface area contributed by atoms with Gasteiger partial charge in [0.15, 0.2) is 0 Å². The first-order valence-corrected chi connectivity index (χ1v) is 16.8. The van der Waals surface area contributed by atoms with E-state index < -0.39 is 22.6 Å². The van der Waals surface area contributed by atoms with Gasteiger partial charge in [-0.15, -0.1) is 24.9 Å². The van der Waals surface area contributed by atoms with Gasteiger partial charge in [0, 0.05) is 37.2 Å². The summed E-state index contributed by atoms with van der Waals surface area (Å²) in [4.78, 5) is 49.0. The van der Waals surface area contributed by atoms with Crippen LogP contribution in [0.4, 0.5) is 11.4 Å². The molecule has 3 amide bonds. The zero-order valence-electron chi connectivity index (χ0n) is 25.4. The molecule has 5 atom stereocenters. The van der Waals surface area contributed by atoms with E-state index in [2.05, 4.69) is 13.2 Å². The lowest BCUT2D eigenvalue weighted by Crippen LogP contribution is -2.55. The number of thioether (sulfide) groups is 1. The van der Waals surface area contributed by atoms with Gasteiger partial charge in [0.1, 0.15) is 6.04 Å². The molecule has 7 nitrogen and oxygen atoms in total. The molecular formula is C35H42ClN3O4S. The molecule has 0 saturated carbocycles. The highest BCUT2D eigenvalue weighted by molar-refractivity contribution is 8.02. The Labute approximate surface area is 269 Å². The predicted octanol–water partition coefficient (Wildman–Crippen LogP) is 6.03. The van der Waals surface area contributed by atoms with E-state index >= 15 is 0 Å². The first-order valence-electron chi connectivity index (χ1n) is 15.5. The van der Waals surface area contributed by atoms with Gasteiger partial charge < -0.3 is 19.8 Å². The highest BCUT2D eigenvalue weighted by Crippen LogP contribution is 2.67. The van der Waals surface area contributed by atoms with Crippen LogP contribution >= 0.6 is 23.4 Å². The van der Waals surface area contributed by atoms with Gasteiger partial charge in [0.2, 0.25) is 11.8 Å². The molecule has 0 radical (unpaired) electrons. The second-order valence-electron chi connectivity index (χ2n) is 11.9. The Morgan fingerprint density at radius 2 is 1.73 bits per heavy atom. The van der Waals surface area contributed by atoms with Crippen LogP contribution in [0.5, 0.6) is 0 Å². The smallest absolute Gasteiger partial charge is 0.251 e. The minimum absolute atomic E-state index is 0.0515. The maximum absolute atomic E-state index is 14.9. The molecule has 1 spiro atoms. The predicted molar refractivity (Wildman–Crippen MR) is 179 cm³/mol. The summed E-state index contributed by atoms with van der Waals surface area (Å²) in [6, 6.07) is 14.3. The minimum atomic E-state index is -0.731. The Morgan fingerprint density at radius 3 is 2.41 bits per heavy atom. The van der Waals surface area contributed by atoms with Crippen LogP contribution in [-0.4, -0.2) is 70.0 Å². The molecule has 0 aromatic heterocycles. The maximum Gasteiger partial charge on any atom is 0.251 e. The summed E-state index contributed by atoms with van der Waals surface area (Å²) in [5.41, 5.74) is 2.26. The number of benzene rings is 2. The normalized spacial score (nSPS) is 25.2. The average Bonchev–Trinajstić information content (AvgIpc) is 3.66. The Hall–Kier alpha value is -3.07. The van der Waals surface area contributed by atoms with Crippen molar-refractivity contribution in [1.29, 1.82) is 0 Å². The molecule has 3 fully saturated rings. The number of amides is 3. The quantitative estimate of drug-likeness (QED) is 0.203. The molecule has 2 bridgehead atoms. The fourth-order valence-corrected chi connectivity index (χ4v) is 10.0. The van der Waals surface area contributed by atoms with Crippen molar-refractivity contribution in [1.82, 2.24) is 4.90 Å². The standard InChI is InChI=1S/C35H42ClN3O4S/c1-4-20-37(25-15-9-8-10-16-25)32(41)28-27-18-19-35(44-27)29(28)33(42)39(22-11-6-7-12-23-40)31(35)34(43)38(21-5-2)30-24(3)14-13-17-26(30)36/h4-5,8-10,13-17,27-29,31,40H,1-2,6-7,11-12,18-23H2,3H3/t27-,28+,29-,31?,35?/m0/s1. The van der Waals surface area contributed by atoms with Gasteiger partial charge in [-0.3, -0.25) is 14.4 Å². The molecule has 1 N–H and O–H groups in total. The number of hydrogen-bond donors (Lipinski definition) is 1. The van der Waals surface area contributed by atoms with Crippen molar-refractivity contribution in [3.63, 3.8) is 0 Å². The van der Waals surface area contributed by atoms with E-state index in [4.69, 9.17) is 11.6 Å². The number of para-hydroxylation sites is 2. The number of aliphatic hydroxyl groups is 1. The van der Waals surface area contributed by atoms with Crippen LogP contribution in [0.1, 0.15) is 44.1 Å². The summed E-state index contributed by atoms with van der Waals surface area (Å²) >= 11 is 8.36. The molecule has 3 heterocycles. The number of carbonyl (C=O) groups is 3. The molecule has 3 aliphatic heterocycles. The van der Waals surface area contributed by atoms with E-state index in [1.54, 1.807) is 44.7 Å². The number of halogens is 1. The zero-order valence-corrected chi connectivity index (χ0v) is 26.9. The Kier molecular flexibility index (Phi) is 10.2. The Morgan fingerprint density at radius 1 is 1.02 bits per heavy atom. The monoisotopic (exact) mass is 635 g/mol. The van der Waals surface area contributed by atoms with Crippen LogP contribution in [0.3, 0.4) is 0 Å². The maximum atomic E-state index is 14.9. The SMILES string of the molecule is C=CCN(C(=O)[C@@H]1[C@@H]2CCC3(S2)C(C(=O)N(CC=C)c2c(C)cccc2Cl)N(CCCCCCO)C(=O)[C@H]13)c1ccccc1. The molecule has 44 heavy (non-hydrogen) atoms. The number of rotatable bonds is 14. The van der Waals surface area contributed by atoms with Crippen LogP contribution in [0, 0.1) is 18.8 Å². The first-order chi connectivity index (χ1) is 21.3. The molecule has 2 aromatic rings. The second-order valence-corrected chi connectivity index (χ2v) is 13.9. The van der Waals surface area contributed by atoms with Crippen molar-refractivity contribution < 1.29 is 19.5 Å². The van der Waals surface area contributed by atoms with Gasteiger partial charge in [-0.2, -0.15) is 0 Å². The summed E-state index contributed by atoms with van der Waals surface area (Å²) in [5, 5.41) is 9.66.